The van der Waals surface area contributed by atoms with Crippen LogP contribution in [0.4, 0.5) is 0 Å². The van der Waals surface area contributed by atoms with Crippen molar-refractivity contribution >= 4 is 31.9 Å². The van der Waals surface area contributed by atoms with Crippen LogP contribution in [0, 0.1) is 0 Å². The fourth-order valence-electron chi connectivity index (χ4n) is 2.42. The SMILES string of the molecule is CC[C@@H](C)NS(=O)(=O)c1ccc(OCC(=O)N[C@H](C)c2cccc(Br)c2)cc1. The van der Waals surface area contributed by atoms with Crippen LogP contribution in [0.3, 0.4) is 0 Å². The molecule has 6 nitrogen and oxygen atoms in total. The summed E-state index contributed by atoms with van der Waals surface area (Å²) in [5.41, 5.74) is 0.978. The van der Waals surface area contributed by atoms with Crippen molar-refractivity contribution in [3.8, 4) is 5.75 Å². The van der Waals surface area contributed by atoms with Crippen LogP contribution in [0.2, 0.25) is 0 Å². The second-order valence-electron chi connectivity index (χ2n) is 6.53. The molecule has 2 atom stereocenters. The summed E-state index contributed by atoms with van der Waals surface area (Å²) >= 11 is 3.41. The van der Waals surface area contributed by atoms with Crippen LogP contribution in [0.25, 0.3) is 0 Å². The lowest BCUT2D eigenvalue weighted by atomic mass is 10.1. The molecule has 2 aromatic carbocycles. The second-order valence-corrected chi connectivity index (χ2v) is 9.16. The third-order valence-corrected chi connectivity index (χ3v) is 6.30. The van der Waals surface area contributed by atoms with E-state index in [9.17, 15) is 13.2 Å². The van der Waals surface area contributed by atoms with Gasteiger partial charge in [0, 0.05) is 10.5 Å². The molecule has 2 aromatic rings. The largest absolute Gasteiger partial charge is 0.484 e. The summed E-state index contributed by atoms with van der Waals surface area (Å²) in [5, 5.41) is 2.87. The lowest BCUT2D eigenvalue weighted by Crippen LogP contribution is -2.32. The number of ether oxygens (including phenoxy) is 1. The number of sulfonamides is 1. The molecule has 0 bridgehead atoms. The summed E-state index contributed by atoms with van der Waals surface area (Å²) in [4.78, 5) is 12.3. The maximum atomic E-state index is 12.2. The van der Waals surface area contributed by atoms with Crippen LogP contribution in [-0.4, -0.2) is 27.0 Å². The Kier molecular flexibility index (Phi) is 8.03. The summed E-state index contributed by atoms with van der Waals surface area (Å²) in [6.07, 6.45) is 0.702. The van der Waals surface area contributed by atoms with Crippen LogP contribution < -0.4 is 14.8 Å². The molecule has 0 fully saturated rings. The first-order valence-electron chi connectivity index (χ1n) is 9.01. The van der Waals surface area contributed by atoms with E-state index < -0.39 is 10.0 Å². The number of halogens is 1. The predicted octanol–water partition coefficient (Wildman–Crippen LogP) is 3.78. The molecule has 1 amide bonds. The topological polar surface area (TPSA) is 84.5 Å². The van der Waals surface area contributed by atoms with E-state index in [4.69, 9.17) is 4.74 Å². The van der Waals surface area contributed by atoms with Gasteiger partial charge in [-0.05, 0) is 62.2 Å². The Morgan fingerprint density at radius 2 is 1.82 bits per heavy atom. The first-order chi connectivity index (χ1) is 13.2. The third-order valence-electron chi connectivity index (χ3n) is 4.20. The maximum Gasteiger partial charge on any atom is 0.258 e. The molecule has 0 aromatic heterocycles. The number of nitrogens with one attached hydrogen (secondary N) is 2. The van der Waals surface area contributed by atoms with Crippen LogP contribution in [0.5, 0.6) is 5.75 Å². The molecule has 0 aliphatic carbocycles. The van der Waals surface area contributed by atoms with Crippen molar-refractivity contribution in [1.82, 2.24) is 10.0 Å². The molecule has 152 valence electrons. The smallest absolute Gasteiger partial charge is 0.258 e. The molecular weight excluding hydrogens is 444 g/mol. The molecule has 0 spiro atoms. The van der Waals surface area contributed by atoms with Crippen molar-refractivity contribution in [2.45, 2.75) is 44.2 Å². The highest BCUT2D eigenvalue weighted by Crippen LogP contribution is 2.18. The van der Waals surface area contributed by atoms with Crippen molar-refractivity contribution in [2.75, 3.05) is 6.61 Å². The predicted molar refractivity (Wildman–Crippen MR) is 113 cm³/mol. The van der Waals surface area contributed by atoms with Gasteiger partial charge in [-0.25, -0.2) is 13.1 Å². The molecule has 2 N–H and O–H groups in total. The second kappa shape index (κ2) is 10.0. The summed E-state index contributed by atoms with van der Waals surface area (Å²) in [7, 11) is -3.56. The first-order valence-corrected chi connectivity index (χ1v) is 11.3. The third kappa shape index (κ3) is 6.61. The van der Waals surface area contributed by atoms with Crippen molar-refractivity contribution in [3.63, 3.8) is 0 Å². The van der Waals surface area contributed by atoms with E-state index in [0.29, 0.717) is 12.2 Å². The van der Waals surface area contributed by atoms with E-state index in [1.165, 1.54) is 24.3 Å². The number of carbonyl (C=O) groups is 1. The number of benzene rings is 2. The maximum absolute atomic E-state index is 12.2. The zero-order chi connectivity index (χ0) is 20.7. The van der Waals surface area contributed by atoms with Crippen LogP contribution in [-0.2, 0) is 14.8 Å². The van der Waals surface area contributed by atoms with E-state index in [1.807, 2.05) is 45.0 Å². The Morgan fingerprint density at radius 1 is 1.14 bits per heavy atom. The minimum absolute atomic E-state index is 0.142. The molecule has 0 aliphatic heterocycles. The normalized spacial score (nSPS) is 13.6. The molecular formula is C20H25BrN2O4S. The van der Waals surface area contributed by atoms with E-state index in [1.54, 1.807) is 0 Å². The zero-order valence-electron chi connectivity index (χ0n) is 16.1. The Hall–Kier alpha value is -1.90. The molecule has 0 aliphatic rings. The molecule has 2 rings (SSSR count). The lowest BCUT2D eigenvalue weighted by Gasteiger charge is -2.15. The van der Waals surface area contributed by atoms with Gasteiger partial charge in [-0.1, -0.05) is 35.0 Å². The summed E-state index contributed by atoms with van der Waals surface area (Å²) in [6, 6.07) is 13.4. The van der Waals surface area contributed by atoms with Crippen molar-refractivity contribution in [3.05, 3.63) is 58.6 Å². The van der Waals surface area contributed by atoms with Gasteiger partial charge in [0.05, 0.1) is 10.9 Å². The Labute approximate surface area is 174 Å². The van der Waals surface area contributed by atoms with Gasteiger partial charge in [-0.3, -0.25) is 4.79 Å². The standard InChI is InChI=1S/C20H25BrN2O4S/c1-4-14(2)23-28(25,26)19-10-8-18(9-11-19)27-13-20(24)22-15(3)16-6-5-7-17(21)12-16/h5-12,14-15,23H,4,13H2,1-3H3,(H,22,24)/t14-,15-/m1/s1. The molecule has 0 saturated heterocycles. The molecule has 0 heterocycles. The minimum Gasteiger partial charge on any atom is -0.484 e. The Bertz CT molecular complexity index is 901. The fourth-order valence-corrected chi connectivity index (χ4v) is 4.17. The number of hydrogen-bond acceptors (Lipinski definition) is 4. The average molecular weight is 469 g/mol. The molecule has 0 saturated carbocycles. The number of carbonyl (C=O) groups excluding carboxylic acids is 1. The van der Waals surface area contributed by atoms with Crippen LogP contribution >= 0.6 is 15.9 Å². The molecule has 28 heavy (non-hydrogen) atoms. The summed E-state index contributed by atoms with van der Waals surface area (Å²) in [6.45, 7) is 5.45. The number of rotatable bonds is 9. The van der Waals surface area contributed by atoms with Gasteiger partial charge >= 0.3 is 0 Å². The minimum atomic E-state index is -3.56. The molecule has 8 heteroatoms. The van der Waals surface area contributed by atoms with Gasteiger partial charge in [0.15, 0.2) is 6.61 Å². The number of hydrogen-bond donors (Lipinski definition) is 2. The first kappa shape index (κ1) is 22.4. The fraction of sp³-hybridized carbons (Fsp3) is 0.350. The van der Waals surface area contributed by atoms with Crippen molar-refractivity contribution in [1.29, 1.82) is 0 Å². The average Bonchev–Trinajstić information content (AvgIpc) is 2.66. The van der Waals surface area contributed by atoms with Crippen LogP contribution in [0.1, 0.15) is 38.8 Å². The lowest BCUT2D eigenvalue weighted by molar-refractivity contribution is -0.123. The molecule has 0 unspecified atom stereocenters. The van der Waals surface area contributed by atoms with E-state index in [2.05, 4.69) is 26.0 Å². The van der Waals surface area contributed by atoms with E-state index >= 15 is 0 Å². The van der Waals surface area contributed by atoms with Gasteiger partial charge in [-0.15, -0.1) is 0 Å². The summed E-state index contributed by atoms with van der Waals surface area (Å²) in [5.74, 6) is 0.162. The van der Waals surface area contributed by atoms with E-state index in [-0.39, 0.29) is 29.5 Å². The van der Waals surface area contributed by atoms with Gasteiger partial charge < -0.3 is 10.1 Å². The highest BCUT2D eigenvalue weighted by Gasteiger charge is 2.16. The highest BCUT2D eigenvalue weighted by atomic mass is 79.9. The zero-order valence-corrected chi connectivity index (χ0v) is 18.5. The van der Waals surface area contributed by atoms with Gasteiger partial charge in [-0.2, -0.15) is 0 Å². The number of amides is 1. The van der Waals surface area contributed by atoms with Crippen molar-refractivity contribution < 1.29 is 17.9 Å². The van der Waals surface area contributed by atoms with Crippen molar-refractivity contribution in [2.24, 2.45) is 0 Å². The van der Waals surface area contributed by atoms with Gasteiger partial charge in [0.25, 0.3) is 5.91 Å². The summed E-state index contributed by atoms with van der Waals surface area (Å²) < 4.78 is 33.5. The molecule has 0 radical (unpaired) electrons. The van der Waals surface area contributed by atoms with Crippen LogP contribution in [0.15, 0.2) is 57.9 Å². The monoisotopic (exact) mass is 468 g/mol. The van der Waals surface area contributed by atoms with Gasteiger partial charge in [0.2, 0.25) is 10.0 Å². The Balaban J connectivity index is 1.89. The quantitative estimate of drug-likeness (QED) is 0.586. The Morgan fingerprint density at radius 3 is 2.43 bits per heavy atom. The van der Waals surface area contributed by atoms with Gasteiger partial charge in [0.1, 0.15) is 5.75 Å². The highest BCUT2D eigenvalue weighted by molar-refractivity contribution is 9.10. The van der Waals surface area contributed by atoms with E-state index in [0.717, 1.165) is 10.0 Å².